The predicted octanol–water partition coefficient (Wildman–Crippen LogP) is 6.68. The van der Waals surface area contributed by atoms with Crippen molar-refractivity contribution in [3.63, 3.8) is 0 Å². The maximum atomic E-state index is 8.59. The Balaban J connectivity index is 2.09. The molecule has 140 valence electrons. The Hall–Kier alpha value is -3.12. The highest BCUT2D eigenvalue weighted by atomic mass is 16.3. The van der Waals surface area contributed by atoms with Crippen molar-refractivity contribution in [3.8, 4) is 11.3 Å². The number of hydrogen-bond acceptors (Lipinski definition) is 1. The fourth-order valence-corrected chi connectivity index (χ4v) is 3.77. The fraction of sp³-hybridized carbons (Fsp3) is 0.280. The summed E-state index contributed by atoms with van der Waals surface area (Å²) in [5.41, 5.74) is 6.74. The number of hydrogen-bond donors (Lipinski definition) is 0. The third-order valence-electron chi connectivity index (χ3n) is 5.52. The number of aryl methyl sites for hydroxylation is 3. The summed E-state index contributed by atoms with van der Waals surface area (Å²) in [5.74, 6) is -1.75. The lowest BCUT2D eigenvalue weighted by molar-refractivity contribution is -0.666. The van der Waals surface area contributed by atoms with Gasteiger partial charge in [-0.1, -0.05) is 25.9 Å². The van der Waals surface area contributed by atoms with Gasteiger partial charge in [0.15, 0.2) is 11.4 Å². The number of aromatic nitrogens is 1. The van der Waals surface area contributed by atoms with Gasteiger partial charge in [0, 0.05) is 35.3 Å². The minimum absolute atomic E-state index is 0.432. The van der Waals surface area contributed by atoms with Crippen LogP contribution in [0.5, 0.6) is 0 Å². The van der Waals surface area contributed by atoms with Gasteiger partial charge in [-0.25, -0.2) is 4.85 Å². The molecule has 1 unspecified atom stereocenters. The van der Waals surface area contributed by atoms with E-state index >= 15 is 0 Å². The van der Waals surface area contributed by atoms with Crippen LogP contribution >= 0.6 is 0 Å². The van der Waals surface area contributed by atoms with E-state index in [0.717, 1.165) is 38.9 Å². The van der Waals surface area contributed by atoms with E-state index in [1.165, 1.54) is 6.92 Å². The molecular weight excluding hydrogens is 344 g/mol. The Morgan fingerprint density at radius 3 is 2.61 bits per heavy atom. The summed E-state index contributed by atoms with van der Waals surface area (Å²) in [4.78, 5) is 3.62. The first-order valence-electron chi connectivity index (χ1n) is 11.2. The molecule has 28 heavy (non-hydrogen) atoms. The van der Waals surface area contributed by atoms with Crippen molar-refractivity contribution < 1.29 is 14.5 Å². The van der Waals surface area contributed by atoms with Crippen LogP contribution in [0.3, 0.4) is 0 Å². The largest absolute Gasteiger partial charge is 0.455 e. The van der Waals surface area contributed by atoms with Gasteiger partial charge in [0.2, 0.25) is 5.69 Å². The molecule has 0 bridgehead atoms. The average molecular weight is 374 g/mol. The second-order valence-electron chi connectivity index (χ2n) is 7.44. The Morgan fingerprint density at radius 1 is 1.11 bits per heavy atom. The van der Waals surface area contributed by atoms with Gasteiger partial charge in [-0.3, -0.25) is 0 Å². The summed E-state index contributed by atoms with van der Waals surface area (Å²) >= 11 is 0. The molecule has 4 rings (SSSR count). The Morgan fingerprint density at radius 2 is 1.89 bits per heavy atom. The second-order valence-corrected chi connectivity index (χ2v) is 7.44. The molecule has 2 aromatic heterocycles. The summed E-state index contributed by atoms with van der Waals surface area (Å²) in [6.45, 7) is 12.2. The van der Waals surface area contributed by atoms with E-state index in [1.54, 1.807) is 12.1 Å². The van der Waals surface area contributed by atoms with E-state index in [4.69, 9.17) is 16.5 Å². The Kier molecular flexibility index (Phi) is 3.24. The maximum absolute atomic E-state index is 8.59. The van der Waals surface area contributed by atoms with Crippen LogP contribution < -0.4 is 4.57 Å². The van der Waals surface area contributed by atoms with Crippen LogP contribution in [-0.2, 0) is 7.05 Å². The topological polar surface area (TPSA) is 21.4 Å². The number of pyridine rings is 1. The standard InChI is InChI=1S/C25H25N2O/c1-14(2)18-11-17(5)27(7)22(12-18)24-15(3)8-9-19-20-13-21(26-6)16(4)10-23(20)28-25(19)24/h8-14H,1-5,7H3/q+1/i1D3,14D. The molecule has 0 amide bonds. The molecule has 4 aromatic rings. The highest BCUT2D eigenvalue weighted by Gasteiger charge is 2.23. The predicted molar refractivity (Wildman–Crippen MR) is 115 cm³/mol. The number of benzene rings is 2. The molecule has 0 saturated heterocycles. The zero-order valence-corrected chi connectivity index (χ0v) is 16.8. The molecule has 0 N–H and O–H groups in total. The zero-order valence-electron chi connectivity index (χ0n) is 20.8. The third kappa shape index (κ3) is 2.68. The van der Waals surface area contributed by atoms with Crippen molar-refractivity contribution in [1.29, 1.82) is 0 Å². The zero-order chi connectivity index (χ0) is 23.6. The van der Waals surface area contributed by atoms with Gasteiger partial charge in [0.1, 0.15) is 18.2 Å². The summed E-state index contributed by atoms with van der Waals surface area (Å²) in [6, 6.07) is 11.3. The number of nitrogens with zero attached hydrogens (tertiary/aromatic N) is 2. The minimum Gasteiger partial charge on any atom is -0.455 e. The van der Waals surface area contributed by atoms with Crippen LogP contribution in [0.2, 0.25) is 0 Å². The van der Waals surface area contributed by atoms with Crippen molar-refractivity contribution in [2.75, 3.05) is 0 Å². The summed E-state index contributed by atoms with van der Waals surface area (Å²) in [5, 5.41) is 1.78. The second kappa shape index (κ2) is 6.49. The first-order valence-corrected chi connectivity index (χ1v) is 9.22. The monoisotopic (exact) mass is 373 g/mol. The first kappa shape index (κ1) is 14.0. The van der Waals surface area contributed by atoms with Gasteiger partial charge < -0.3 is 4.42 Å². The van der Waals surface area contributed by atoms with Crippen LogP contribution in [0.15, 0.2) is 40.8 Å². The third-order valence-corrected chi connectivity index (χ3v) is 5.52. The lowest BCUT2D eigenvalue weighted by Gasteiger charge is -2.11. The van der Waals surface area contributed by atoms with E-state index in [-0.39, 0.29) is 0 Å². The average Bonchev–Trinajstić information content (AvgIpc) is 3.05. The van der Waals surface area contributed by atoms with Crippen LogP contribution in [-0.4, -0.2) is 0 Å². The molecule has 3 nitrogen and oxygen atoms in total. The van der Waals surface area contributed by atoms with Crippen LogP contribution in [0.25, 0.3) is 38.0 Å². The molecule has 3 heteroatoms. The first-order chi connectivity index (χ1) is 14.9. The lowest BCUT2D eigenvalue weighted by atomic mass is 9.96. The molecule has 0 aliphatic heterocycles. The van der Waals surface area contributed by atoms with Crippen molar-refractivity contribution in [2.45, 2.75) is 40.4 Å². The Bertz CT molecular complexity index is 1440. The van der Waals surface area contributed by atoms with Gasteiger partial charge in [-0.05, 0) is 48.6 Å². The Labute approximate surface area is 171 Å². The van der Waals surface area contributed by atoms with Crippen LogP contribution in [0, 0.1) is 27.3 Å². The molecule has 0 radical (unpaired) electrons. The van der Waals surface area contributed by atoms with Gasteiger partial charge in [-0.15, -0.1) is 0 Å². The highest BCUT2D eigenvalue weighted by Crippen LogP contribution is 2.39. The van der Waals surface area contributed by atoms with E-state index in [2.05, 4.69) is 4.85 Å². The molecule has 2 aromatic carbocycles. The number of furan rings is 1. The van der Waals surface area contributed by atoms with E-state index in [0.29, 0.717) is 22.4 Å². The highest BCUT2D eigenvalue weighted by molar-refractivity contribution is 6.10. The molecule has 1 atom stereocenters. The minimum atomic E-state index is -2.47. The normalized spacial score (nSPS) is 16.1. The number of fused-ring (bicyclic) bond motifs is 3. The number of rotatable bonds is 2. The molecule has 0 aliphatic carbocycles. The van der Waals surface area contributed by atoms with Crippen molar-refractivity contribution in [3.05, 3.63) is 70.2 Å². The molecule has 0 saturated carbocycles. The molecule has 0 aliphatic rings. The lowest BCUT2D eigenvalue weighted by Crippen LogP contribution is -2.35. The van der Waals surface area contributed by atoms with E-state index in [9.17, 15) is 0 Å². The molecule has 2 heterocycles. The summed E-state index contributed by atoms with van der Waals surface area (Å²) < 4.78 is 40.5. The van der Waals surface area contributed by atoms with Gasteiger partial charge in [0.05, 0.1) is 12.1 Å². The van der Waals surface area contributed by atoms with Crippen molar-refractivity contribution >= 4 is 27.6 Å². The molecular formula is C25H25N2O+. The van der Waals surface area contributed by atoms with E-state index < -0.39 is 12.7 Å². The summed E-state index contributed by atoms with van der Waals surface area (Å²) in [7, 11) is 1.92. The van der Waals surface area contributed by atoms with Crippen LogP contribution in [0.1, 0.15) is 47.5 Å². The van der Waals surface area contributed by atoms with Crippen LogP contribution in [0.4, 0.5) is 5.69 Å². The molecule has 0 fully saturated rings. The fourth-order valence-electron chi connectivity index (χ4n) is 3.77. The van der Waals surface area contributed by atoms with Crippen molar-refractivity contribution in [2.24, 2.45) is 7.05 Å². The van der Waals surface area contributed by atoms with Gasteiger partial charge in [-0.2, -0.15) is 4.57 Å². The van der Waals surface area contributed by atoms with Gasteiger partial charge >= 0.3 is 0 Å². The summed E-state index contributed by atoms with van der Waals surface area (Å²) in [6.07, 6.45) is 0. The molecule has 0 spiro atoms. The smallest absolute Gasteiger partial charge is 0.216 e. The maximum Gasteiger partial charge on any atom is 0.216 e. The van der Waals surface area contributed by atoms with E-state index in [1.807, 2.05) is 56.7 Å². The van der Waals surface area contributed by atoms with Crippen molar-refractivity contribution in [1.82, 2.24) is 0 Å². The SMILES string of the molecule is [2H]C([2H])([2H])C([2H])(C)c1cc(C)[n+](C)c(-c2c(C)ccc3c2oc2cc(C)c([N+]#[C-])cc23)c1. The van der Waals surface area contributed by atoms with Gasteiger partial charge in [0.25, 0.3) is 0 Å². The quantitative estimate of drug-likeness (QED) is 0.284.